The van der Waals surface area contributed by atoms with E-state index in [4.69, 9.17) is 4.42 Å². The predicted octanol–water partition coefficient (Wildman–Crippen LogP) is 4.63. The summed E-state index contributed by atoms with van der Waals surface area (Å²) in [5, 5.41) is 8.26. The van der Waals surface area contributed by atoms with E-state index >= 15 is 0 Å². The number of hydrogen-bond donors (Lipinski definition) is 2. The van der Waals surface area contributed by atoms with Crippen molar-refractivity contribution in [1.82, 2.24) is 21.0 Å². The zero-order valence-electron chi connectivity index (χ0n) is 19.9. The Kier molecular flexibility index (Phi) is 7.21. The Morgan fingerprint density at radius 1 is 0.771 bits per heavy atom. The number of aromatic nitrogens is 2. The molecule has 8 heteroatoms. The van der Waals surface area contributed by atoms with Crippen molar-refractivity contribution in [2.75, 3.05) is 18.0 Å². The fourth-order valence-electron chi connectivity index (χ4n) is 3.70. The van der Waals surface area contributed by atoms with Crippen molar-refractivity contribution in [3.8, 4) is 22.9 Å². The van der Waals surface area contributed by atoms with Gasteiger partial charge in [-0.2, -0.15) is 0 Å². The van der Waals surface area contributed by atoms with Crippen LogP contribution < -0.4 is 15.8 Å². The van der Waals surface area contributed by atoms with Crippen molar-refractivity contribution >= 4 is 17.5 Å². The number of anilines is 1. The van der Waals surface area contributed by atoms with Gasteiger partial charge in [0.2, 0.25) is 11.8 Å². The summed E-state index contributed by atoms with van der Waals surface area (Å²) < 4.78 is 5.82. The van der Waals surface area contributed by atoms with Crippen molar-refractivity contribution in [1.29, 1.82) is 0 Å². The smallest absolute Gasteiger partial charge is 0.269 e. The lowest BCUT2D eigenvalue weighted by Gasteiger charge is -2.21. The molecule has 0 radical (unpaired) electrons. The maximum Gasteiger partial charge on any atom is 0.269 e. The van der Waals surface area contributed by atoms with E-state index in [0.29, 0.717) is 28.5 Å². The summed E-state index contributed by atoms with van der Waals surface area (Å²) >= 11 is 0. The third-order valence-electron chi connectivity index (χ3n) is 5.74. The van der Waals surface area contributed by atoms with Crippen LogP contribution in [0.4, 0.5) is 5.69 Å². The Hall–Kier alpha value is -4.46. The van der Waals surface area contributed by atoms with Gasteiger partial charge in [0.25, 0.3) is 11.8 Å². The van der Waals surface area contributed by atoms with E-state index in [9.17, 15) is 9.59 Å². The average molecular weight is 470 g/mol. The largest absolute Gasteiger partial charge is 0.416 e. The molecule has 0 saturated carbocycles. The van der Waals surface area contributed by atoms with Crippen molar-refractivity contribution in [3.05, 3.63) is 89.5 Å². The molecular weight excluding hydrogens is 442 g/mol. The highest BCUT2D eigenvalue weighted by atomic mass is 16.4. The summed E-state index contributed by atoms with van der Waals surface area (Å²) in [5.74, 6) is -0.0316. The highest BCUT2D eigenvalue weighted by Gasteiger charge is 2.14. The molecule has 0 saturated heterocycles. The number of benzene rings is 3. The van der Waals surface area contributed by atoms with Crippen LogP contribution in [0, 0.1) is 6.92 Å². The molecule has 0 unspecified atom stereocenters. The van der Waals surface area contributed by atoms with Crippen molar-refractivity contribution in [2.24, 2.45) is 0 Å². The van der Waals surface area contributed by atoms with Crippen molar-refractivity contribution in [2.45, 2.75) is 20.8 Å². The molecule has 178 valence electrons. The van der Waals surface area contributed by atoms with Gasteiger partial charge in [-0.1, -0.05) is 18.2 Å². The molecule has 2 N–H and O–H groups in total. The average Bonchev–Trinajstić information content (AvgIpc) is 3.38. The van der Waals surface area contributed by atoms with E-state index < -0.39 is 11.8 Å². The second-order valence-corrected chi connectivity index (χ2v) is 7.93. The van der Waals surface area contributed by atoms with E-state index in [0.717, 1.165) is 29.9 Å². The van der Waals surface area contributed by atoms with Gasteiger partial charge in [0, 0.05) is 41.0 Å². The molecule has 0 aliphatic heterocycles. The van der Waals surface area contributed by atoms with Crippen LogP contribution >= 0.6 is 0 Å². The molecule has 0 spiro atoms. The molecular formula is C27H27N5O3. The number of carbonyl (C=O) groups excluding carboxylic acids is 2. The Balaban J connectivity index is 1.36. The molecule has 0 atom stereocenters. The molecule has 0 fully saturated rings. The van der Waals surface area contributed by atoms with Crippen molar-refractivity contribution in [3.63, 3.8) is 0 Å². The third kappa shape index (κ3) is 5.38. The number of nitrogens with zero attached hydrogens (tertiary/aromatic N) is 3. The van der Waals surface area contributed by atoms with E-state index in [-0.39, 0.29) is 0 Å². The van der Waals surface area contributed by atoms with Crippen LogP contribution in [0.3, 0.4) is 0 Å². The van der Waals surface area contributed by atoms with Crippen LogP contribution in [0.1, 0.15) is 40.1 Å². The molecule has 2 amide bonds. The lowest BCUT2D eigenvalue weighted by atomic mass is 10.1. The lowest BCUT2D eigenvalue weighted by molar-refractivity contribution is 0.0846. The van der Waals surface area contributed by atoms with Gasteiger partial charge in [-0.3, -0.25) is 20.4 Å². The van der Waals surface area contributed by atoms with Gasteiger partial charge in [-0.15, -0.1) is 10.2 Å². The fraction of sp³-hybridized carbons (Fsp3) is 0.185. The lowest BCUT2D eigenvalue weighted by Crippen LogP contribution is -2.41. The van der Waals surface area contributed by atoms with E-state index in [1.807, 2.05) is 43.3 Å². The summed E-state index contributed by atoms with van der Waals surface area (Å²) in [6.45, 7) is 7.91. The Morgan fingerprint density at radius 2 is 1.31 bits per heavy atom. The van der Waals surface area contributed by atoms with E-state index in [1.54, 1.807) is 36.4 Å². The minimum absolute atomic E-state index is 0.358. The van der Waals surface area contributed by atoms with Gasteiger partial charge >= 0.3 is 0 Å². The van der Waals surface area contributed by atoms with Gasteiger partial charge in [0.15, 0.2) is 0 Å². The number of rotatable bonds is 7. The Labute approximate surface area is 204 Å². The molecule has 3 aromatic carbocycles. The Morgan fingerprint density at radius 3 is 1.89 bits per heavy atom. The molecule has 1 aromatic heterocycles. The Bertz CT molecular complexity index is 1310. The van der Waals surface area contributed by atoms with E-state index in [2.05, 4.69) is 39.8 Å². The highest BCUT2D eigenvalue weighted by Crippen LogP contribution is 2.26. The highest BCUT2D eigenvalue weighted by molar-refractivity contribution is 5.99. The zero-order chi connectivity index (χ0) is 24.8. The first-order chi connectivity index (χ1) is 17.0. The van der Waals surface area contributed by atoms with Crippen molar-refractivity contribution < 1.29 is 14.0 Å². The summed E-state index contributed by atoms with van der Waals surface area (Å²) in [7, 11) is 0. The summed E-state index contributed by atoms with van der Waals surface area (Å²) in [6.07, 6.45) is 0. The summed E-state index contributed by atoms with van der Waals surface area (Å²) in [4.78, 5) is 27.1. The summed E-state index contributed by atoms with van der Waals surface area (Å²) in [5.41, 5.74) is 9.38. The molecule has 8 nitrogen and oxygen atoms in total. The van der Waals surface area contributed by atoms with Gasteiger partial charge in [-0.25, -0.2) is 0 Å². The molecule has 35 heavy (non-hydrogen) atoms. The number of hydrogen-bond acceptors (Lipinski definition) is 6. The first-order valence-corrected chi connectivity index (χ1v) is 11.5. The minimum Gasteiger partial charge on any atom is -0.416 e. The van der Waals surface area contributed by atoms with Crippen LogP contribution in [0.5, 0.6) is 0 Å². The molecule has 4 rings (SSSR count). The van der Waals surface area contributed by atoms with E-state index in [1.165, 1.54) is 0 Å². The normalized spacial score (nSPS) is 10.6. The number of nitrogens with one attached hydrogen (secondary N) is 2. The van der Waals surface area contributed by atoms with Crippen LogP contribution in [0.2, 0.25) is 0 Å². The quantitative estimate of drug-likeness (QED) is 0.383. The minimum atomic E-state index is -0.434. The number of carbonyl (C=O) groups is 2. The first-order valence-electron chi connectivity index (χ1n) is 11.5. The standard InChI is InChI=1S/C27H27N5O3/c1-4-32(5-2)22-16-14-20(15-17-22)25(34)29-28-24(33)19-10-12-21(13-11-19)26-30-31-27(35-26)23-9-7-6-8-18(23)3/h6-17H,4-5H2,1-3H3,(H,28,33)(H,29,34). The van der Waals surface area contributed by atoms with Crippen LogP contribution in [0.25, 0.3) is 22.9 Å². The van der Waals surface area contributed by atoms with Crippen LogP contribution in [-0.4, -0.2) is 35.1 Å². The predicted molar refractivity (Wildman–Crippen MR) is 135 cm³/mol. The topological polar surface area (TPSA) is 100 Å². The van der Waals surface area contributed by atoms with Gasteiger partial charge in [0.05, 0.1) is 0 Å². The SMILES string of the molecule is CCN(CC)c1ccc(C(=O)NNC(=O)c2ccc(-c3nnc(-c4ccccc4C)o3)cc2)cc1. The summed E-state index contributed by atoms with van der Waals surface area (Å²) in [6, 6.07) is 21.7. The molecule has 1 heterocycles. The number of hydrazine groups is 1. The monoisotopic (exact) mass is 469 g/mol. The van der Waals surface area contributed by atoms with Gasteiger partial charge in [-0.05, 0) is 80.9 Å². The molecule has 0 aliphatic carbocycles. The second kappa shape index (κ2) is 10.6. The third-order valence-corrected chi connectivity index (χ3v) is 5.74. The first kappa shape index (κ1) is 23.7. The number of aryl methyl sites for hydroxylation is 1. The maximum atomic E-state index is 12.5. The maximum absolute atomic E-state index is 12.5. The number of amides is 2. The molecule has 0 bridgehead atoms. The molecule has 0 aliphatic rings. The van der Waals surface area contributed by atoms with Crippen LogP contribution in [-0.2, 0) is 0 Å². The second-order valence-electron chi connectivity index (χ2n) is 7.93. The zero-order valence-corrected chi connectivity index (χ0v) is 19.9. The fourth-order valence-corrected chi connectivity index (χ4v) is 3.70. The van der Waals surface area contributed by atoms with Gasteiger partial charge in [0.1, 0.15) is 0 Å². The van der Waals surface area contributed by atoms with Crippen LogP contribution in [0.15, 0.2) is 77.2 Å². The van der Waals surface area contributed by atoms with Gasteiger partial charge < -0.3 is 9.32 Å². The molecule has 4 aromatic rings.